The molecule has 0 aliphatic carbocycles. The summed E-state index contributed by atoms with van der Waals surface area (Å²) in [6.07, 6.45) is 0. The zero-order valence-electron chi connectivity index (χ0n) is 4.72. The summed E-state index contributed by atoms with van der Waals surface area (Å²) in [6.45, 7) is 2.28. The smallest absolute Gasteiger partial charge is 0.167 e. The zero-order chi connectivity index (χ0) is 6.20. The van der Waals surface area contributed by atoms with E-state index in [4.69, 9.17) is 0 Å². The summed E-state index contributed by atoms with van der Waals surface area (Å²) in [4.78, 5) is 0. The second-order valence-corrected chi connectivity index (χ2v) is 4.40. The van der Waals surface area contributed by atoms with Gasteiger partial charge in [0.05, 0.1) is 5.75 Å². The largest absolute Gasteiger partial charge is 0.300 e. The molecule has 1 fully saturated rings. The Balaban J connectivity index is 2.85. The molecule has 1 rings (SSSR count). The van der Waals surface area contributed by atoms with Crippen molar-refractivity contribution in [2.75, 3.05) is 12.3 Å². The maximum Gasteiger partial charge on any atom is 0.167 e. The maximum absolute atomic E-state index is 10.7. The molecule has 48 valence electrons. The minimum atomic E-state index is -2.74. The van der Waals surface area contributed by atoms with Gasteiger partial charge >= 0.3 is 0 Å². The molecule has 1 aliphatic heterocycles. The lowest BCUT2D eigenvalue weighted by Crippen LogP contribution is -2.22. The Bertz CT molecular complexity index is 172. The molecule has 0 radical (unpaired) electrons. The lowest BCUT2D eigenvalue weighted by molar-refractivity contribution is 0.588. The van der Waals surface area contributed by atoms with Crippen molar-refractivity contribution in [2.24, 2.45) is 0 Å². The van der Waals surface area contributed by atoms with Gasteiger partial charge in [0.2, 0.25) is 0 Å². The van der Waals surface area contributed by atoms with Crippen molar-refractivity contribution >= 4 is 9.84 Å². The van der Waals surface area contributed by atoms with Gasteiger partial charge in [-0.2, -0.15) is 0 Å². The van der Waals surface area contributed by atoms with Crippen LogP contribution in [0.25, 0.3) is 0 Å². The Morgan fingerprint density at radius 3 is 2.38 bits per heavy atom. The molecule has 0 aromatic heterocycles. The first-order valence-corrected chi connectivity index (χ1v) is 4.29. The van der Waals surface area contributed by atoms with Crippen molar-refractivity contribution in [1.29, 1.82) is 0 Å². The molecule has 1 N–H and O–H groups in total. The van der Waals surface area contributed by atoms with Crippen LogP contribution in [0.1, 0.15) is 6.92 Å². The molecule has 0 bridgehead atoms. The van der Waals surface area contributed by atoms with Gasteiger partial charge in [0.25, 0.3) is 0 Å². The Hall–Kier alpha value is -0.0900. The quantitative estimate of drug-likeness (QED) is 0.480. The SMILES string of the molecule is CC1NCCS1(=O)=O. The van der Waals surface area contributed by atoms with Crippen molar-refractivity contribution in [1.82, 2.24) is 5.32 Å². The van der Waals surface area contributed by atoms with E-state index in [0.717, 1.165) is 0 Å². The van der Waals surface area contributed by atoms with Crippen LogP contribution in [0, 0.1) is 0 Å². The van der Waals surface area contributed by atoms with E-state index in [9.17, 15) is 8.42 Å². The van der Waals surface area contributed by atoms with Crippen molar-refractivity contribution in [2.45, 2.75) is 12.3 Å². The maximum atomic E-state index is 10.7. The fourth-order valence-electron chi connectivity index (χ4n) is 0.708. The average molecular weight is 135 g/mol. The molecule has 1 heterocycles. The molecule has 1 aliphatic rings. The first-order valence-electron chi connectivity index (χ1n) is 2.58. The van der Waals surface area contributed by atoms with E-state index >= 15 is 0 Å². The van der Waals surface area contributed by atoms with Crippen LogP contribution in [0.3, 0.4) is 0 Å². The van der Waals surface area contributed by atoms with Crippen LogP contribution in [0.2, 0.25) is 0 Å². The fraction of sp³-hybridized carbons (Fsp3) is 1.00. The van der Waals surface area contributed by atoms with Crippen molar-refractivity contribution in [3.63, 3.8) is 0 Å². The number of sulfone groups is 1. The second-order valence-electron chi connectivity index (χ2n) is 1.96. The molecule has 0 aromatic rings. The zero-order valence-corrected chi connectivity index (χ0v) is 5.53. The Morgan fingerprint density at radius 2 is 2.25 bits per heavy atom. The lowest BCUT2D eigenvalue weighted by Gasteiger charge is -1.97. The minimum Gasteiger partial charge on any atom is -0.300 e. The number of hydrogen-bond donors (Lipinski definition) is 1. The topological polar surface area (TPSA) is 46.2 Å². The molecule has 1 atom stereocenters. The average Bonchev–Trinajstić information content (AvgIpc) is 1.86. The van der Waals surface area contributed by atoms with Crippen molar-refractivity contribution in [3.05, 3.63) is 0 Å². The number of hydrogen-bond acceptors (Lipinski definition) is 3. The summed E-state index contributed by atoms with van der Waals surface area (Å²) in [6, 6.07) is 0. The normalized spacial score (nSPS) is 35.4. The molecule has 4 heteroatoms. The van der Waals surface area contributed by atoms with E-state index in [2.05, 4.69) is 5.32 Å². The minimum absolute atomic E-state index is 0.300. The second kappa shape index (κ2) is 1.70. The van der Waals surface area contributed by atoms with Crippen LogP contribution in [-0.4, -0.2) is 26.1 Å². The molecule has 1 unspecified atom stereocenters. The number of nitrogens with one attached hydrogen (secondary N) is 1. The molecule has 0 amide bonds. The van der Waals surface area contributed by atoms with Gasteiger partial charge in [0, 0.05) is 6.54 Å². The van der Waals surface area contributed by atoms with Gasteiger partial charge < -0.3 is 5.32 Å². The van der Waals surface area contributed by atoms with Gasteiger partial charge in [-0.25, -0.2) is 8.42 Å². The highest BCUT2D eigenvalue weighted by atomic mass is 32.2. The molecule has 0 saturated carbocycles. The first-order chi connectivity index (χ1) is 3.63. The summed E-state index contributed by atoms with van der Waals surface area (Å²) >= 11 is 0. The third-order valence-corrected chi connectivity index (χ3v) is 3.37. The summed E-state index contributed by atoms with van der Waals surface area (Å²) < 4.78 is 21.4. The molecule has 8 heavy (non-hydrogen) atoms. The predicted octanol–water partition coefficient (Wildman–Crippen LogP) is -0.650. The van der Waals surface area contributed by atoms with E-state index in [1.54, 1.807) is 6.92 Å². The predicted molar refractivity (Wildman–Crippen MR) is 31.3 cm³/mol. The van der Waals surface area contributed by atoms with Crippen LogP contribution >= 0.6 is 0 Å². The van der Waals surface area contributed by atoms with E-state index in [-0.39, 0.29) is 5.37 Å². The van der Waals surface area contributed by atoms with Gasteiger partial charge in [-0.15, -0.1) is 0 Å². The molecule has 3 nitrogen and oxygen atoms in total. The standard InChI is InChI=1S/C4H9NO2S/c1-4-5-2-3-8(4,6)7/h4-5H,2-3H2,1H3. The molecule has 0 spiro atoms. The third kappa shape index (κ3) is 0.855. The number of rotatable bonds is 0. The monoisotopic (exact) mass is 135 g/mol. The van der Waals surface area contributed by atoms with Gasteiger partial charge in [-0.05, 0) is 6.92 Å². The van der Waals surface area contributed by atoms with Crippen LogP contribution in [0.4, 0.5) is 0 Å². The Labute approximate surface area is 49.0 Å². The first kappa shape index (κ1) is 6.04. The van der Waals surface area contributed by atoms with Crippen LogP contribution in [0.5, 0.6) is 0 Å². The van der Waals surface area contributed by atoms with Crippen molar-refractivity contribution in [3.8, 4) is 0 Å². The highest BCUT2D eigenvalue weighted by Gasteiger charge is 2.25. The summed E-state index contributed by atoms with van der Waals surface area (Å²) in [5, 5.41) is 2.50. The van der Waals surface area contributed by atoms with Gasteiger partial charge in [0.15, 0.2) is 9.84 Å². The van der Waals surface area contributed by atoms with E-state index in [1.807, 2.05) is 0 Å². The van der Waals surface area contributed by atoms with E-state index in [0.29, 0.717) is 12.3 Å². The molecular weight excluding hydrogens is 126 g/mol. The van der Waals surface area contributed by atoms with Crippen LogP contribution in [-0.2, 0) is 9.84 Å². The third-order valence-electron chi connectivity index (χ3n) is 1.36. The molecule has 0 aromatic carbocycles. The van der Waals surface area contributed by atoms with E-state index < -0.39 is 9.84 Å². The lowest BCUT2D eigenvalue weighted by atomic mass is 10.7. The summed E-state index contributed by atoms with van der Waals surface area (Å²) in [7, 11) is -2.74. The summed E-state index contributed by atoms with van der Waals surface area (Å²) in [5.41, 5.74) is 0. The van der Waals surface area contributed by atoms with E-state index in [1.165, 1.54) is 0 Å². The Morgan fingerprint density at radius 1 is 1.62 bits per heavy atom. The van der Waals surface area contributed by atoms with Gasteiger partial charge in [0.1, 0.15) is 5.37 Å². The Kier molecular flexibility index (Phi) is 1.28. The van der Waals surface area contributed by atoms with Crippen LogP contribution < -0.4 is 5.32 Å². The molecular formula is C4H9NO2S. The summed E-state index contributed by atoms with van der Waals surface area (Å²) in [5.74, 6) is 0.300. The highest BCUT2D eigenvalue weighted by Crippen LogP contribution is 2.03. The van der Waals surface area contributed by atoms with Gasteiger partial charge in [-0.1, -0.05) is 0 Å². The van der Waals surface area contributed by atoms with Crippen molar-refractivity contribution < 1.29 is 8.42 Å². The highest BCUT2D eigenvalue weighted by molar-refractivity contribution is 7.92. The fourth-order valence-corrected chi connectivity index (χ4v) is 1.84. The molecule has 1 saturated heterocycles. The van der Waals surface area contributed by atoms with Crippen LogP contribution in [0.15, 0.2) is 0 Å². The van der Waals surface area contributed by atoms with Gasteiger partial charge in [-0.3, -0.25) is 0 Å².